The minimum Gasteiger partial charge on any atom is -0.477 e. The Labute approximate surface area is 134 Å². The van der Waals surface area contributed by atoms with Crippen LogP contribution in [0.2, 0.25) is 0 Å². The second-order valence-corrected chi connectivity index (χ2v) is 5.56. The van der Waals surface area contributed by atoms with E-state index in [9.17, 15) is 4.79 Å². The Morgan fingerprint density at radius 3 is 2.87 bits per heavy atom. The average Bonchev–Trinajstić information content (AvgIpc) is 3.07. The quantitative estimate of drug-likeness (QED) is 0.852. The first-order chi connectivity index (χ1) is 11.2. The predicted molar refractivity (Wildman–Crippen MR) is 85.6 cm³/mol. The number of aromatic carboxylic acids is 1. The maximum Gasteiger partial charge on any atom is 0.354 e. The second-order valence-electron chi connectivity index (χ2n) is 5.56. The van der Waals surface area contributed by atoms with Gasteiger partial charge >= 0.3 is 5.97 Å². The van der Waals surface area contributed by atoms with Gasteiger partial charge in [-0.1, -0.05) is 12.1 Å². The fraction of sp³-hybridized carbons (Fsp3) is 0.353. The minimum atomic E-state index is -1.04. The molecule has 0 unspecified atom stereocenters. The smallest absolute Gasteiger partial charge is 0.354 e. The summed E-state index contributed by atoms with van der Waals surface area (Å²) in [5.41, 5.74) is 0.950. The molecular weight excluding hydrogens is 294 g/mol. The molecule has 23 heavy (non-hydrogen) atoms. The number of anilines is 1. The summed E-state index contributed by atoms with van der Waals surface area (Å²) in [6, 6.07) is 8.68. The van der Waals surface area contributed by atoms with E-state index in [0.29, 0.717) is 18.2 Å². The SMILES string of the molecule is O=C(O)c1cccc(NCc2cccnc2OC2CCCC2)n1. The van der Waals surface area contributed by atoms with E-state index in [4.69, 9.17) is 9.84 Å². The topological polar surface area (TPSA) is 84.3 Å². The van der Waals surface area contributed by atoms with Crippen LogP contribution in [0.1, 0.15) is 41.7 Å². The lowest BCUT2D eigenvalue weighted by atomic mass is 10.2. The van der Waals surface area contributed by atoms with Crippen LogP contribution in [0.25, 0.3) is 0 Å². The van der Waals surface area contributed by atoms with Gasteiger partial charge < -0.3 is 15.2 Å². The van der Waals surface area contributed by atoms with E-state index in [2.05, 4.69) is 15.3 Å². The number of hydrogen-bond acceptors (Lipinski definition) is 5. The molecule has 3 rings (SSSR count). The monoisotopic (exact) mass is 313 g/mol. The van der Waals surface area contributed by atoms with Crippen molar-refractivity contribution in [2.75, 3.05) is 5.32 Å². The molecule has 1 fully saturated rings. The third-order valence-corrected chi connectivity index (χ3v) is 3.86. The average molecular weight is 313 g/mol. The number of nitrogens with one attached hydrogen (secondary N) is 1. The molecular formula is C17H19N3O3. The van der Waals surface area contributed by atoms with Crippen molar-refractivity contribution in [1.29, 1.82) is 0 Å². The molecule has 120 valence electrons. The summed E-state index contributed by atoms with van der Waals surface area (Å²) in [7, 11) is 0. The molecule has 6 heteroatoms. The first-order valence-electron chi connectivity index (χ1n) is 7.77. The fourth-order valence-electron chi connectivity index (χ4n) is 2.67. The van der Waals surface area contributed by atoms with E-state index in [1.807, 2.05) is 12.1 Å². The van der Waals surface area contributed by atoms with Crippen LogP contribution in [0.5, 0.6) is 5.88 Å². The highest BCUT2D eigenvalue weighted by atomic mass is 16.5. The highest BCUT2D eigenvalue weighted by Crippen LogP contribution is 2.25. The number of carboxylic acid groups (broad SMARTS) is 1. The minimum absolute atomic E-state index is 0.0172. The molecule has 0 amide bonds. The fourth-order valence-corrected chi connectivity index (χ4v) is 2.67. The van der Waals surface area contributed by atoms with Crippen molar-refractivity contribution in [2.45, 2.75) is 38.3 Å². The molecule has 0 radical (unpaired) electrons. The van der Waals surface area contributed by atoms with Gasteiger partial charge in [-0.05, 0) is 43.9 Å². The molecule has 1 aliphatic carbocycles. The summed E-state index contributed by atoms with van der Waals surface area (Å²) >= 11 is 0. The predicted octanol–water partition coefficient (Wildman–Crippen LogP) is 3.11. The standard InChI is InChI=1S/C17H19N3O3/c21-17(22)14-8-3-9-15(20-14)19-11-12-5-4-10-18-16(12)23-13-6-1-2-7-13/h3-5,8-10,13H,1-2,6-7,11H2,(H,19,20)(H,21,22). The van der Waals surface area contributed by atoms with Crippen molar-refractivity contribution < 1.29 is 14.6 Å². The number of carboxylic acids is 1. The number of aromatic nitrogens is 2. The molecule has 1 saturated carbocycles. The van der Waals surface area contributed by atoms with Gasteiger partial charge in [-0.15, -0.1) is 0 Å². The summed E-state index contributed by atoms with van der Waals surface area (Å²) in [5.74, 6) is 0.113. The third kappa shape index (κ3) is 3.97. The number of ether oxygens (including phenoxy) is 1. The van der Waals surface area contributed by atoms with Gasteiger partial charge in [0.25, 0.3) is 0 Å². The molecule has 0 aromatic carbocycles. The van der Waals surface area contributed by atoms with Gasteiger partial charge in [-0.2, -0.15) is 0 Å². The molecule has 0 aliphatic heterocycles. The molecule has 0 atom stereocenters. The lowest BCUT2D eigenvalue weighted by Crippen LogP contribution is -2.14. The normalized spacial score (nSPS) is 14.6. The van der Waals surface area contributed by atoms with Crippen molar-refractivity contribution in [1.82, 2.24) is 9.97 Å². The molecule has 2 aromatic rings. The van der Waals surface area contributed by atoms with Gasteiger partial charge in [0.05, 0.1) is 0 Å². The summed E-state index contributed by atoms with van der Waals surface area (Å²) in [6.45, 7) is 0.478. The lowest BCUT2D eigenvalue weighted by molar-refractivity contribution is 0.0690. The van der Waals surface area contributed by atoms with Crippen LogP contribution in [-0.2, 0) is 6.54 Å². The van der Waals surface area contributed by atoms with Gasteiger partial charge in [-0.25, -0.2) is 14.8 Å². The number of rotatable bonds is 6. The van der Waals surface area contributed by atoms with E-state index < -0.39 is 5.97 Å². The number of nitrogens with zero attached hydrogens (tertiary/aromatic N) is 2. The van der Waals surface area contributed by atoms with Crippen molar-refractivity contribution in [2.24, 2.45) is 0 Å². The molecule has 2 aromatic heterocycles. The molecule has 0 saturated heterocycles. The number of hydrogen-bond donors (Lipinski definition) is 2. The Morgan fingerprint density at radius 1 is 1.26 bits per heavy atom. The largest absolute Gasteiger partial charge is 0.477 e. The second kappa shape index (κ2) is 7.09. The molecule has 1 aliphatic rings. The maximum absolute atomic E-state index is 11.0. The Hall–Kier alpha value is -2.63. The maximum atomic E-state index is 11.0. The van der Waals surface area contributed by atoms with E-state index in [1.54, 1.807) is 18.3 Å². The van der Waals surface area contributed by atoms with Crippen LogP contribution in [-0.4, -0.2) is 27.1 Å². The van der Waals surface area contributed by atoms with Crippen molar-refractivity contribution in [3.05, 3.63) is 47.8 Å². The zero-order chi connectivity index (χ0) is 16.1. The summed E-state index contributed by atoms with van der Waals surface area (Å²) < 4.78 is 5.99. The summed E-state index contributed by atoms with van der Waals surface area (Å²) in [6.07, 6.45) is 6.53. The van der Waals surface area contributed by atoms with Gasteiger partial charge in [0.1, 0.15) is 11.9 Å². The van der Waals surface area contributed by atoms with Crippen molar-refractivity contribution in [3.63, 3.8) is 0 Å². The van der Waals surface area contributed by atoms with Crippen LogP contribution in [0.3, 0.4) is 0 Å². The number of carbonyl (C=O) groups is 1. The Morgan fingerprint density at radius 2 is 2.09 bits per heavy atom. The third-order valence-electron chi connectivity index (χ3n) is 3.86. The highest BCUT2D eigenvalue weighted by Gasteiger charge is 2.18. The van der Waals surface area contributed by atoms with Crippen molar-refractivity contribution in [3.8, 4) is 5.88 Å². The molecule has 2 heterocycles. The van der Waals surface area contributed by atoms with Gasteiger partial charge in [0.2, 0.25) is 5.88 Å². The van der Waals surface area contributed by atoms with Crippen LogP contribution in [0, 0.1) is 0 Å². The zero-order valence-electron chi connectivity index (χ0n) is 12.7. The van der Waals surface area contributed by atoms with E-state index in [0.717, 1.165) is 18.4 Å². The lowest BCUT2D eigenvalue weighted by Gasteiger charge is -2.15. The van der Waals surface area contributed by atoms with Crippen LogP contribution >= 0.6 is 0 Å². The summed E-state index contributed by atoms with van der Waals surface area (Å²) in [4.78, 5) is 19.3. The van der Waals surface area contributed by atoms with Crippen LogP contribution in [0.15, 0.2) is 36.5 Å². The van der Waals surface area contributed by atoms with Crippen LogP contribution < -0.4 is 10.1 Å². The first-order valence-corrected chi connectivity index (χ1v) is 7.77. The van der Waals surface area contributed by atoms with E-state index in [-0.39, 0.29) is 11.8 Å². The highest BCUT2D eigenvalue weighted by molar-refractivity contribution is 5.85. The van der Waals surface area contributed by atoms with Crippen molar-refractivity contribution >= 4 is 11.8 Å². The molecule has 0 bridgehead atoms. The molecule has 2 N–H and O–H groups in total. The Bertz CT molecular complexity index is 684. The molecule has 0 spiro atoms. The van der Waals surface area contributed by atoms with Gasteiger partial charge in [-0.3, -0.25) is 0 Å². The number of pyridine rings is 2. The van der Waals surface area contributed by atoms with E-state index in [1.165, 1.54) is 18.9 Å². The zero-order valence-corrected chi connectivity index (χ0v) is 12.7. The molecule has 6 nitrogen and oxygen atoms in total. The first kappa shape index (κ1) is 15.3. The van der Waals surface area contributed by atoms with Gasteiger partial charge in [0.15, 0.2) is 5.69 Å². The Kier molecular flexibility index (Phi) is 4.71. The van der Waals surface area contributed by atoms with E-state index >= 15 is 0 Å². The van der Waals surface area contributed by atoms with Gasteiger partial charge in [0, 0.05) is 18.3 Å². The summed E-state index contributed by atoms with van der Waals surface area (Å²) in [5, 5.41) is 12.1. The Balaban J connectivity index is 1.68. The van der Waals surface area contributed by atoms with Crippen LogP contribution in [0.4, 0.5) is 5.82 Å².